The van der Waals surface area contributed by atoms with Gasteiger partial charge in [-0.1, -0.05) is 27.5 Å². The van der Waals surface area contributed by atoms with Crippen LogP contribution in [0.4, 0.5) is 0 Å². The summed E-state index contributed by atoms with van der Waals surface area (Å²) in [5.74, 6) is 1.21. The Hall–Kier alpha value is -0.920. The Labute approximate surface area is 121 Å². The number of methoxy groups -OCH3 is 1. The highest BCUT2D eigenvalue weighted by Gasteiger charge is 2.11. The van der Waals surface area contributed by atoms with Crippen molar-refractivity contribution in [2.24, 2.45) is 0 Å². The third-order valence-corrected chi connectivity index (χ3v) is 3.30. The lowest BCUT2D eigenvalue weighted by Gasteiger charge is -2.13. The van der Waals surface area contributed by atoms with E-state index in [1.165, 1.54) is 0 Å². The van der Waals surface area contributed by atoms with E-state index in [1.54, 1.807) is 7.11 Å². The summed E-state index contributed by atoms with van der Waals surface area (Å²) in [5.41, 5.74) is 1.04. The van der Waals surface area contributed by atoms with Crippen LogP contribution < -0.4 is 9.47 Å². The zero-order chi connectivity index (χ0) is 13.4. The minimum Gasteiger partial charge on any atom is -0.493 e. The van der Waals surface area contributed by atoms with E-state index in [0.717, 1.165) is 18.4 Å². The molecule has 0 unspecified atom stereocenters. The molecule has 98 valence electrons. The van der Waals surface area contributed by atoms with Crippen molar-refractivity contribution < 1.29 is 9.47 Å². The predicted molar refractivity (Wildman–Crippen MR) is 75.6 cm³/mol. The van der Waals surface area contributed by atoms with Gasteiger partial charge in [-0.2, -0.15) is 5.26 Å². The third kappa shape index (κ3) is 4.40. The number of halogens is 2. The monoisotopic (exact) mass is 331 g/mol. The number of nitrogens with zero attached hydrogens (tertiary/aromatic N) is 1. The summed E-state index contributed by atoms with van der Waals surface area (Å²) in [5, 5.41) is 9.69. The predicted octanol–water partition coefficient (Wildman–Crippen LogP) is 4.32. The molecule has 18 heavy (non-hydrogen) atoms. The van der Waals surface area contributed by atoms with Crippen LogP contribution in [0.5, 0.6) is 11.5 Å². The summed E-state index contributed by atoms with van der Waals surface area (Å²) >= 11 is 9.53. The van der Waals surface area contributed by atoms with E-state index in [1.807, 2.05) is 12.1 Å². The molecule has 1 aromatic rings. The lowest BCUT2D eigenvalue weighted by Crippen LogP contribution is -2.00. The number of nitriles is 1. The van der Waals surface area contributed by atoms with Gasteiger partial charge >= 0.3 is 0 Å². The summed E-state index contributed by atoms with van der Waals surface area (Å²) in [6.07, 6.45) is 2.21. The van der Waals surface area contributed by atoms with Gasteiger partial charge in [0.25, 0.3) is 0 Å². The quantitative estimate of drug-likeness (QED) is 0.552. The average Bonchev–Trinajstić information content (AvgIpc) is 2.39. The van der Waals surface area contributed by atoms with Gasteiger partial charge in [0.2, 0.25) is 0 Å². The van der Waals surface area contributed by atoms with E-state index in [9.17, 15) is 0 Å². The van der Waals surface area contributed by atoms with Crippen molar-refractivity contribution in [1.29, 1.82) is 5.26 Å². The van der Waals surface area contributed by atoms with Crippen LogP contribution >= 0.6 is 27.5 Å². The third-order valence-electron chi connectivity index (χ3n) is 2.37. The number of hydrogen-bond acceptors (Lipinski definition) is 3. The smallest absolute Gasteiger partial charge is 0.179 e. The standard InChI is InChI=1S/C13H15BrClNO2/c1-17-12-8-10(9-14)7-11(15)13(12)18-6-4-2-3-5-16/h7-8H,2-4,6,9H2,1H3. The lowest BCUT2D eigenvalue weighted by atomic mass is 10.2. The Morgan fingerprint density at radius 2 is 2.17 bits per heavy atom. The minimum absolute atomic E-state index is 0.533. The number of benzene rings is 1. The molecule has 0 atom stereocenters. The largest absolute Gasteiger partial charge is 0.493 e. The molecular weight excluding hydrogens is 318 g/mol. The van der Waals surface area contributed by atoms with Crippen LogP contribution in [0.25, 0.3) is 0 Å². The van der Waals surface area contributed by atoms with Crippen molar-refractivity contribution in [2.75, 3.05) is 13.7 Å². The van der Waals surface area contributed by atoms with Gasteiger partial charge in [-0.15, -0.1) is 0 Å². The zero-order valence-corrected chi connectivity index (χ0v) is 12.6. The Morgan fingerprint density at radius 3 is 2.78 bits per heavy atom. The van der Waals surface area contributed by atoms with Crippen LogP contribution in [0.15, 0.2) is 12.1 Å². The van der Waals surface area contributed by atoms with Crippen LogP contribution in [0.2, 0.25) is 5.02 Å². The van der Waals surface area contributed by atoms with Gasteiger partial charge in [-0.25, -0.2) is 0 Å². The molecule has 0 bridgehead atoms. The highest BCUT2D eigenvalue weighted by molar-refractivity contribution is 9.08. The van der Waals surface area contributed by atoms with Crippen LogP contribution in [-0.2, 0) is 5.33 Å². The molecule has 0 aromatic heterocycles. The second kappa shape index (κ2) is 8.23. The van der Waals surface area contributed by atoms with Gasteiger partial charge in [0.15, 0.2) is 11.5 Å². The SMILES string of the molecule is COc1cc(CBr)cc(Cl)c1OCCCCC#N. The van der Waals surface area contributed by atoms with Gasteiger partial charge in [-0.05, 0) is 30.5 Å². The second-order valence-corrected chi connectivity index (χ2v) is 4.67. The van der Waals surface area contributed by atoms with Gasteiger partial charge in [0.1, 0.15) is 0 Å². The van der Waals surface area contributed by atoms with Crippen molar-refractivity contribution in [3.8, 4) is 17.6 Å². The molecule has 1 aromatic carbocycles. The molecule has 0 spiro atoms. The van der Waals surface area contributed by atoms with Crippen molar-refractivity contribution in [1.82, 2.24) is 0 Å². The maximum Gasteiger partial charge on any atom is 0.179 e. The molecule has 3 nitrogen and oxygen atoms in total. The van der Waals surface area contributed by atoms with Gasteiger partial charge < -0.3 is 9.47 Å². The normalized spacial score (nSPS) is 9.89. The average molecular weight is 333 g/mol. The number of alkyl halides is 1. The molecule has 0 radical (unpaired) electrons. The van der Waals surface area contributed by atoms with E-state index in [-0.39, 0.29) is 0 Å². The fourth-order valence-electron chi connectivity index (χ4n) is 1.47. The minimum atomic E-state index is 0.533. The molecule has 0 N–H and O–H groups in total. The molecule has 5 heteroatoms. The van der Waals surface area contributed by atoms with Crippen molar-refractivity contribution in [3.05, 3.63) is 22.7 Å². The Balaban J connectivity index is 2.67. The van der Waals surface area contributed by atoms with Crippen LogP contribution in [-0.4, -0.2) is 13.7 Å². The maximum atomic E-state index is 8.43. The van der Waals surface area contributed by atoms with Gasteiger partial charge in [0.05, 0.1) is 24.8 Å². The molecule has 0 fully saturated rings. The van der Waals surface area contributed by atoms with Crippen LogP contribution in [0.3, 0.4) is 0 Å². The highest BCUT2D eigenvalue weighted by atomic mass is 79.9. The first-order valence-electron chi connectivity index (χ1n) is 5.65. The Kier molecular flexibility index (Phi) is 6.92. The maximum absolute atomic E-state index is 8.43. The summed E-state index contributed by atoms with van der Waals surface area (Å²) < 4.78 is 10.9. The lowest BCUT2D eigenvalue weighted by molar-refractivity contribution is 0.287. The van der Waals surface area contributed by atoms with E-state index in [2.05, 4.69) is 22.0 Å². The summed E-state index contributed by atoms with van der Waals surface area (Å²) in [7, 11) is 1.59. The van der Waals surface area contributed by atoms with Crippen molar-refractivity contribution in [2.45, 2.75) is 24.6 Å². The van der Waals surface area contributed by atoms with E-state index >= 15 is 0 Å². The van der Waals surface area contributed by atoms with Crippen molar-refractivity contribution >= 4 is 27.5 Å². The highest BCUT2D eigenvalue weighted by Crippen LogP contribution is 2.37. The van der Waals surface area contributed by atoms with E-state index in [0.29, 0.717) is 34.9 Å². The number of unbranched alkanes of at least 4 members (excludes halogenated alkanes) is 2. The number of hydrogen-bond donors (Lipinski definition) is 0. The number of ether oxygens (including phenoxy) is 2. The molecule has 0 aliphatic heterocycles. The second-order valence-electron chi connectivity index (χ2n) is 3.71. The zero-order valence-electron chi connectivity index (χ0n) is 10.2. The summed E-state index contributed by atoms with van der Waals surface area (Å²) in [6.45, 7) is 0.533. The summed E-state index contributed by atoms with van der Waals surface area (Å²) in [4.78, 5) is 0. The molecule has 0 aliphatic rings. The first kappa shape index (κ1) is 15.1. The van der Waals surface area contributed by atoms with Gasteiger partial charge in [-0.3, -0.25) is 0 Å². The molecule has 0 amide bonds. The van der Waals surface area contributed by atoms with Crippen molar-refractivity contribution in [3.63, 3.8) is 0 Å². The summed E-state index contributed by atoms with van der Waals surface area (Å²) in [6, 6.07) is 5.85. The van der Waals surface area contributed by atoms with Gasteiger partial charge in [0, 0.05) is 11.8 Å². The first-order chi connectivity index (χ1) is 8.72. The first-order valence-corrected chi connectivity index (χ1v) is 7.15. The number of rotatable bonds is 7. The van der Waals surface area contributed by atoms with E-state index in [4.69, 9.17) is 26.3 Å². The van der Waals surface area contributed by atoms with Crippen LogP contribution in [0.1, 0.15) is 24.8 Å². The fraction of sp³-hybridized carbons (Fsp3) is 0.462. The molecule has 0 saturated carbocycles. The topological polar surface area (TPSA) is 42.2 Å². The Bertz CT molecular complexity index is 432. The molecule has 0 heterocycles. The van der Waals surface area contributed by atoms with Crippen LogP contribution in [0, 0.1) is 11.3 Å². The molecule has 0 aliphatic carbocycles. The molecular formula is C13H15BrClNO2. The molecule has 0 saturated heterocycles. The molecule has 1 rings (SSSR count). The fourth-order valence-corrected chi connectivity index (χ4v) is 2.08. The van der Waals surface area contributed by atoms with E-state index < -0.39 is 0 Å². The Morgan fingerprint density at radius 1 is 1.39 bits per heavy atom.